The second-order valence-corrected chi connectivity index (χ2v) is 7.80. The molecule has 144 valence electrons. The van der Waals surface area contributed by atoms with Gasteiger partial charge in [-0.15, -0.1) is 0 Å². The van der Waals surface area contributed by atoms with Crippen LogP contribution in [-0.2, 0) is 19.7 Å². The monoisotopic (exact) mass is 362 g/mol. The minimum atomic E-state index is -0.637. The summed E-state index contributed by atoms with van der Waals surface area (Å²) >= 11 is 0. The lowest BCUT2D eigenvalue weighted by molar-refractivity contribution is -0.140. The molecule has 0 aromatic heterocycles. The number of phenols is 1. The van der Waals surface area contributed by atoms with E-state index in [1.54, 1.807) is 12.1 Å². The van der Waals surface area contributed by atoms with Crippen LogP contribution in [0.1, 0.15) is 59.1 Å². The van der Waals surface area contributed by atoms with Gasteiger partial charge in [-0.2, -0.15) is 0 Å². The molecule has 5 nitrogen and oxygen atoms in total. The van der Waals surface area contributed by atoms with E-state index in [9.17, 15) is 14.7 Å². The van der Waals surface area contributed by atoms with Gasteiger partial charge in [-0.1, -0.05) is 34.6 Å². The summed E-state index contributed by atoms with van der Waals surface area (Å²) in [6.45, 7) is 11.5. The molecule has 0 radical (unpaired) electrons. The topological polar surface area (TPSA) is 72.8 Å². The lowest BCUT2D eigenvalue weighted by Gasteiger charge is -2.22. The van der Waals surface area contributed by atoms with Crippen molar-refractivity contribution < 1.29 is 24.2 Å². The molecule has 0 unspecified atom stereocenters. The summed E-state index contributed by atoms with van der Waals surface area (Å²) in [5.41, 5.74) is 0.895. The highest BCUT2D eigenvalue weighted by atomic mass is 16.5. The average Bonchev–Trinajstić information content (AvgIpc) is 2.51. The number of benzene rings is 1. The van der Waals surface area contributed by atoms with E-state index >= 15 is 0 Å². The zero-order valence-corrected chi connectivity index (χ0v) is 16.8. The lowest BCUT2D eigenvalue weighted by Crippen LogP contribution is -2.15. The van der Waals surface area contributed by atoms with Crippen molar-refractivity contribution in [3.05, 3.63) is 28.8 Å². The van der Waals surface area contributed by atoms with Gasteiger partial charge in [-0.25, -0.2) is 4.79 Å². The Bertz CT molecular complexity index is 693. The molecule has 0 aliphatic carbocycles. The van der Waals surface area contributed by atoms with Crippen LogP contribution in [0.25, 0.3) is 6.08 Å². The number of aromatic hydroxyl groups is 1. The van der Waals surface area contributed by atoms with E-state index in [0.29, 0.717) is 22.8 Å². The number of esters is 1. The van der Waals surface area contributed by atoms with Crippen molar-refractivity contribution >= 4 is 17.8 Å². The highest BCUT2D eigenvalue weighted by Gasteiger charge is 2.23. The minimum Gasteiger partial charge on any atom is -0.504 e. The second-order valence-electron chi connectivity index (χ2n) is 7.80. The number of hydrogen-bond acceptors (Lipinski definition) is 5. The van der Waals surface area contributed by atoms with Crippen LogP contribution in [0, 0.1) is 5.92 Å². The summed E-state index contributed by atoms with van der Waals surface area (Å²) in [5.74, 6) is -0.254. The van der Waals surface area contributed by atoms with Gasteiger partial charge in [0.05, 0.1) is 13.7 Å². The first kappa shape index (κ1) is 21.7. The Morgan fingerprint density at radius 3 is 2.31 bits per heavy atom. The molecule has 0 atom stereocenters. The van der Waals surface area contributed by atoms with E-state index in [1.807, 2.05) is 34.6 Å². The number of ketones is 1. The first-order chi connectivity index (χ1) is 12.0. The van der Waals surface area contributed by atoms with Crippen LogP contribution in [0.4, 0.5) is 0 Å². The first-order valence-electron chi connectivity index (χ1n) is 8.78. The molecule has 0 spiro atoms. The number of methoxy groups -OCH3 is 1. The van der Waals surface area contributed by atoms with Crippen LogP contribution in [0.5, 0.6) is 11.5 Å². The van der Waals surface area contributed by atoms with Gasteiger partial charge < -0.3 is 14.6 Å². The minimum absolute atomic E-state index is 0.0265. The fourth-order valence-electron chi connectivity index (χ4n) is 2.38. The number of phenolic OH excluding ortho intramolecular Hbond substituents is 1. The van der Waals surface area contributed by atoms with Gasteiger partial charge >= 0.3 is 5.97 Å². The third-order valence-corrected chi connectivity index (χ3v) is 3.96. The summed E-state index contributed by atoms with van der Waals surface area (Å²) < 4.78 is 10.5. The maximum absolute atomic E-state index is 12.3. The Morgan fingerprint density at radius 1 is 1.23 bits per heavy atom. The number of hydrogen-bond donors (Lipinski definition) is 1. The number of carbonyl (C=O) groups is 2. The first-order valence-corrected chi connectivity index (χ1v) is 8.78. The number of rotatable bonds is 7. The molecule has 0 saturated heterocycles. The van der Waals surface area contributed by atoms with E-state index in [0.717, 1.165) is 6.42 Å². The molecule has 0 bridgehead atoms. The van der Waals surface area contributed by atoms with E-state index in [1.165, 1.54) is 20.1 Å². The maximum Gasteiger partial charge on any atom is 0.341 e. The Morgan fingerprint density at radius 2 is 1.85 bits per heavy atom. The largest absolute Gasteiger partial charge is 0.504 e. The molecule has 5 heteroatoms. The van der Waals surface area contributed by atoms with Crippen LogP contribution in [-0.4, -0.2) is 30.6 Å². The molecule has 0 aliphatic heterocycles. The zero-order chi connectivity index (χ0) is 20.1. The van der Waals surface area contributed by atoms with E-state index in [-0.39, 0.29) is 29.1 Å². The van der Waals surface area contributed by atoms with Crippen LogP contribution in [0.3, 0.4) is 0 Å². The normalized spacial score (nSPS) is 12.2. The standard InChI is InChI=1S/C21H30O5/c1-13(2)8-9-26-20(24)16(14(3)22)10-15-11-17(21(4,5)6)19(23)18(12-15)25-7/h10-13,23H,8-9H2,1-7H3. The predicted octanol–water partition coefficient (Wildman–Crippen LogP) is 4.26. The van der Waals surface area contributed by atoms with Crippen LogP contribution >= 0.6 is 0 Å². The van der Waals surface area contributed by atoms with E-state index in [2.05, 4.69) is 0 Å². The molecule has 26 heavy (non-hydrogen) atoms. The fraction of sp³-hybridized carbons (Fsp3) is 0.524. The lowest BCUT2D eigenvalue weighted by atomic mass is 9.85. The highest BCUT2D eigenvalue weighted by Crippen LogP contribution is 2.39. The Labute approximate surface area is 156 Å². The summed E-state index contributed by atoms with van der Waals surface area (Å²) in [4.78, 5) is 24.2. The smallest absolute Gasteiger partial charge is 0.341 e. The van der Waals surface area contributed by atoms with Gasteiger partial charge in [0.25, 0.3) is 0 Å². The Hall–Kier alpha value is -2.30. The second kappa shape index (κ2) is 8.88. The van der Waals surface area contributed by atoms with Crippen molar-refractivity contribution in [1.29, 1.82) is 0 Å². The molecule has 0 saturated carbocycles. The van der Waals surface area contributed by atoms with Crippen molar-refractivity contribution in [1.82, 2.24) is 0 Å². The van der Waals surface area contributed by atoms with Gasteiger partial charge in [0.2, 0.25) is 0 Å². The Kier molecular flexibility index (Phi) is 7.42. The van der Waals surface area contributed by atoms with Crippen molar-refractivity contribution in [3.63, 3.8) is 0 Å². The summed E-state index contributed by atoms with van der Waals surface area (Å²) in [5, 5.41) is 10.4. The summed E-state index contributed by atoms with van der Waals surface area (Å²) in [6.07, 6.45) is 2.22. The van der Waals surface area contributed by atoms with Gasteiger partial charge in [0.1, 0.15) is 5.57 Å². The molecule has 1 aromatic rings. The van der Waals surface area contributed by atoms with Gasteiger partial charge in [0.15, 0.2) is 17.3 Å². The van der Waals surface area contributed by atoms with Gasteiger partial charge in [0, 0.05) is 5.56 Å². The van der Waals surface area contributed by atoms with Crippen LogP contribution in [0.15, 0.2) is 17.7 Å². The molecule has 0 aliphatic rings. The van der Waals surface area contributed by atoms with Crippen molar-refractivity contribution in [3.8, 4) is 11.5 Å². The average molecular weight is 362 g/mol. The van der Waals surface area contributed by atoms with E-state index in [4.69, 9.17) is 9.47 Å². The van der Waals surface area contributed by atoms with E-state index < -0.39 is 5.97 Å². The van der Waals surface area contributed by atoms with Gasteiger partial charge in [-0.3, -0.25) is 4.79 Å². The zero-order valence-electron chi connectivity index (χ0n) is 16.8. The SMILES string of the molecule is COc1cc(C=C(C(C)=O)C(=O)OCCC(C)C)cc(C(C)(C)C)c1O. The number of ether oxygens (including phenoxy) is 2. The molecular formula is C21H30O5. The number of Topliss-reactive ketones (excluding diaryl/α,β-unsaturated/α-hetero) is 1. The highest BCUT2D eigenvalue weighted by molar-refractivity contribution is 6.19. The van der Waals surface area contributed by atoms with Crippen molar-refractivity contribution in [2.45, 2.75) is 53.4 Å². The quantitative estimate of drug-likeness (QED) is 0.339. The molecule has 0 amide bonds. The van der Waals surface area contributed by atoms with Gasteiger partial charge in [-0.05, 0) is 48.4 Å². The van der Waals surface area contributed by atoms with Crippen molar-refractivity contribution in [2.24, 2.45) is 5.92 Å². The molecule has 1 aromatic carbocycles. The molecule has 0 fully saturated rings. The number of carbonyl (C=O) groups excluding carboxylic acids is 2. The molecule has 0 heterocycles. The Balaban J connectivity index is 3.28. The maximum atomic E-state index is 12.3. The molecule has 1 rings (SSSR count). The van der Waals surface area contributed by atoms with Crippen molar-refractivity contribution in [2.75, 3.05) is 13.7 Å². The fourth-order valence-corrected chi connectivity index (χ4v) is 2.38. The molecular weight excluding hydrogens is 332 g/mol. The summed E-state index contributed by atoms with van der Waals surface area (Å²) in [7, 11) is 1.46. The third kappa shape index (κ3) is 5.90. The van der Waals surface area contributed by atoms with Crippen LogP contribution in [0.2, 0.25) is 0 Å². The van der Waals surface area contributed by atoms with Crippen LogP contribution < -0.4 is 4.74 Å². The summed E-state index contributed by atoms with van der Waals surface area (Å²) in [6, 6.07) is 3.34. The molecule has 1 N–H and O–H groups in total. The third-order valence-electron chi connectivity index (χ3n) is 3.96. The predicted molar refractivity (Wildman–Crippen MR) is 102 cm³/mol.